The molecule has 0 bridgehead atoms. The van der Waals surface area contributed by atoms with E-state index in [0.717, 1.165) is 16.7 Å². The maximum absolute atomic E-state index is 5.88. The number of pyridine rings is 1. The number of benzene rings is 1. The number of rotatable bonds is 3. The lowest BCUT2D eigenvalue weighted by atomic mass is 10.0. The average Bonchev–Trinajstić information content (AvgIpc) is 3.20. The number of hydrogen-bond acceptors (Lipinski definition) is 3. The van der Waals surface area contributed by atoms with Crippen molar-refractivity contribution in [1.29, 1.82) is 0 Å². The van der Waals surface area contributed by atoms with Crippen molar-refractivity contribution in [3.05, 3.63) is 35.0 Å². The third-order valence-corrected chi connectivity index (χ3v) is 3.56. The fourth-order valence-electron chi connectivity index (χ4n) is 2.44. The van der Waals surface area contributed by atoms with Crippen molar-refractivity contribution in [2.45, 2.75) is 32.2 Å². The monoisotopic (exact) mass is 242 g/mol. The summed E-state index contributed by atoms with van der Waals surface area (Å²) in [5, 5.41) is 1.12. The standard InChI is InChI=1S/C15H18N2O/c1-9-5-12-11(8-16)7-13(10-3-4-10)17-15(12)14(6-9)18-2/h5-7,10H,3-4,8,16H2,1-2H3. The maximum atomic E-state index is 5.88. The normalized spacial score (nSPS) is 15.1. The summed E-state index contributed by atoms with van der Waals surface area (Å²) in [5.41, 5.74) is 10.3. The molecule has 18 heavy (non-hydrogen) atoms. The minimum absolute atomic E-state index is 0.547. The van der Waals surface area contributed by atoms with Gasteiger partial charge in [0.25, 0.3) is 0 Å². The first-order valence-corrected chi connectivity index (χ1v) is 6.41. The summed E-state index contributed by atoms with van der Waals surface area (Å²) < 4.78 is 5.46. The van der Waals surface area contributed by atoms with E-state index >= 15 is 0 Å². The van der Waals surface area contributed by atoms with Crippen molar-refractivity contribution in [3.8, 4) is 5.75 Å². The van der Waals surface area contributed by atoms with Crippen molar-refractivity contribution < 1.29 is 4.74 Å². The van der Waals surface area contributed by atoms with E-state index in [1.54, 1.807) is 7.11 Å². The summed E-state index contributed by atoms with van der Waals surface area (Å²) in [4.78, 5) is 4.78. The van der Waals surface area contributed by atoms with Gasteiger partial charge in [-0.15, -0.1) is 0 Å². The van der Waals surface area contributed by atoms with Crippen LogP contribution in [0.15, 0.2) is 18.2 Å². The van der Waals surface area contributed by atoms with Crippen molar-refractivity contribution in [3.63, 3.8) is 0 Å². The highest BCUT2D eigenvalue weighted by molar-refractivity contribution is 5.88. The number of hydrogen-bond donors (Lipinski definition) is 1. The van der Waals surface area contributed by atoms with Gasteiger partial charge in [0.1, 0.15) is 11.3 Å². The molecule has 0 unspecified atom stereocenters. The van der Waals surface area contributed by atoms with Crippen molar-refractivity contribution in [2.75, 3.05) is 7.11 Å². The lowest BCUT2D eigenvalue weighted by Gasteiger charge is -2.12. The van der Waals surface area contributed by atoms with Crippen LogP contribution in [0.3, 0.4) is 0 Å². The van der Waals surface area contributed by atoms with Gasteiger partial charge in [0.15, 0.2) is 0 Å². The van der Waals surface area contributed by atoms with E-state index in [2.05, 4.69) is 19.1 Å². The van der Waals surface area contributed by atoms with Gasteiger partial charge in [-0.25, -0.2) is 4.98 Å². The fourth-order valence-corrected chi connectivity index (χ4v) is 2.44. The fraction of sp³-hybridized carbons (Fsp3) is 0.400. The number of methoxy groups -OCH3 is 1. The van der Waals surface area contributed by atoms with Crippen LogP contribution >= 0.6 is 0 Å². The van der Waals surface area contributed by atoms with Gasteiger partial charge < -0.3 is 10.5 Å². The van der Waals surface area contributed by atoms with Crippen LogP contribution in [0, 0.1) is 6.92 Å². The molecular weight excluding hydrogens is 224 g/mol. The Kier molecular flexibility index (Phi) is 2.71. The summed E-state index contributed by atoms with van der Waals surface area (Å²) in [6.07, 6.45) is 2.49. The van der Waals surface area contributed by atoms with Gasteiger partial charge in [-0.2, -0.15) is 0 Å². The van der Waals surface area contributed by atoms with Crippen LogP contribution in [0.5, 0.6) is 5.75 Å². The number of nitrogens with two attached hydrogens (primary N) is 1. The van der Waals surface area contributed by atoms with E-state index in [9.17, 15) is 0 Å². The molecule has 2 aromatic rings. The molecule has 94 valence electrons. The number of nitrogens with zero attached hydrogens (tertiary/aromatic N) is 1. The number of ether oxygens (including phenoxy) is 1. The second kappa shape index (κ2) is 4.25. The summed E-state index contributed by atoms with van der Waals surface area (Å²) in [6, 6.07) is 6.34. The van der Waals surface area contributed by atoms with Gasteiger partial charge in [-0.3, -0.25) is 0 Å². The molecule has 3 nitrogen and oxygen atoms in total. The smallest absolute Gasteiger partial charge is 0.145 e. The van der Waals surface area contributed by atoms with Crippen LogP contribution in [-0.4, -0.2) is 12.1 Å². The van der Waals surface area contributed by atoms with Crippen LogP contribution in [-0.2, 0) is 6.54 Å². The third kappa shape index (κ3) is 1.85. The van der Waals surface area contributed by atoms with E-state index in [-0.39, 0.29) is 0 Å². The average molecular weight is 242 g/mol. The van der Waals surface area contributed by atoms with Gasteiger partial charge in [-0.1, -0.05) is 0 Å². The number of aromatic nitrogens is 1. The molecular formula is C15H18N2O. The summed E-state index contributed by atoms with van der Waals surface area (Å²) in [6.45, 7) is 2.61. The molecule has 0 spiro atoms. The van der Waals surface area contributed by atoms with Gasteiger partial charge in [0, 0.05) is 23.5 Å². The van der Waals surface area contributed by atoms with Crippen LogP contribution in [0.1, 0.15) is 35.6 Å². The maximum Gasteiger partial charge on any atom is 0.145 e. The van der Waals surface area contributed by atoms with Crippen molar-refractivity contribution in [1.82, 2.24) is 4.98 Å². The minimum atomic E-state index is 0.547. The Morgan fingerprint density at radius 1 is 1.33 bits per heavy atom. The zero-order valence-corrected chi connectivity index (χ0v) is 10.9. The quantitative estimate of drug-likeness (QED) is 0.900. The number of fused-ring (bicyclic) bond motifs is 1. The SMILES string of the molecule is COc1cc(C)cc2c(CN)cc(C3CC3)nc12. The highest BCUT2D eigenvalue weighted by Crippen LogP contribution is 2.41. The largest absolute Gasteiger partial charge is 0.494 e. The van der Waals surface area contributed by atoms with E-state index in [1.165, 1.54) is 29.7 Å². The molecule has 3 rings (SSSR count). The molecule has 0 saturated heterocycles. The first kappa shape index (κ1) is 11.5. The Bertz CT molecular complexity index is 603. The van der Waals surface area contributed by atoms with Gasteiger partial charge in [-0.05, 0) is 49.1 Å². The summed E-state index contributed by atoms with van der Waals surface area (Å²) >= 11 is 0. The van der Waals surface area contributed by atoms with E-state index in [4.69, 9.17) is 15.5 Å². The second-order valence-corrected chi connectivity index (χ2v) is 5.05. The molecule has 1 aliphatic carbocycles. The van der Waals surface area contributed by atoms with Gasteiger partial charge >= 0.3 is 0 Å². The topological polar surface area (TPSA) is 48.1 Å². The Morgan fingerprint density at radius 3 is 2.72 bits per heavy atom. The molecule has 0 amide bonds. The zero-order chi connectivity index (χ0) is 12.7. The van der Waals surface area contributed by atoms with Crippen LogP contribution in [0.4, 0.5) is 0 Å². The predicted octanol–water partition coefficient (Wildman–Crippen LogP) is 2.89. The molecule has 3 heteroatoms. The van der Waals surface area contributed by atoms with E-state index in [1.807, 2.05) is 6.07 Å². The molecule has 1 fully saturated rings. The van der Waals surface area contributed by atoms with E-state index in [0.29, 0.717) is 12.5 Å². The van der Waals surface area contributed by atoms with Crippen LogP contribution < -0.4 is 10.5 Å². The molecule has 2 N–H and O–H groups in total. The lowest BCUT2D eigenvalue weighted by molar-refractivity contribution is 0.418. The Morgan fingerprint density at radius 2 is 2.11 bits per heavy atom. The second-order valence-electron chi connectivity index (χ2n) is 5.05. The molecule has 0 radical (unpaired) electrons. The number of aryl methyl sites for hydroxylation is 1. The minimum Gasteiger partial charge on any atom is -0.494 e. The van der Waals surface area contributed by atoms with Crippen molar-refractivity contribution in [2.24, 2.45) is 5.73 Å². The van der Waals surface area contributed by atoms with Crippen molar-refractivity contribution >= 4 is 10.9 Å². The highest BCUT2D eigenvalue weighted by Gasteiger charge is 2.26. The Hall–Kier alpha value is -1.61. The predicted molar refractivity (Wildman–Crippen MR) is 72.9 cm³/mol. The molecule has 1 heterocycles. The van der Waals surface area contributed by atoms with E-state index < -0.39 is 0 Å². The molecule has 0 atom stereocenters. The lowest BCUT2D eigenvalue weighted by Crippen LogP contribution is -2.02. The molecule has 1 aromatic heterocycles. The van der Waals surface area contributed by atoms with Crippen LogP contribution in [0.25, 0.3) is 10.9 Å². The molecule has 1 aromatic carbocycles. The molecule has 1 saturated carbocycles. The van der Waals surface area contributed by atoms with Gasteiger partial charge in [0.05, 0.1) is 7.11 Å². The third-order valence-electron chi connectivity index (χ3n) is 3.56. The first-order chi connectivity index (χ1) is 8.72. The molecule has 0 aliphatic heterocycles. The zero-order valence-electron chi connectivity index (χ0n) is 10.9. The Labute approximate surface area is 107 Å². The first-order valence-electron chi connectivity index (χ1n) is 6.41. The summed E-state index contributed by atoms with van der Waals surface area (Å²) in [7, 11) is 1.70. The molecule has 1 aliphatic rings. The highest BCUT2D eigenvalue weighted by atomic mass is 16.5. The Balaban J connectivity index is 2.31. The summed E-state index contributed by atoms with van der Waals surface area (Å²) in [5.74, 6) is 1.48. The van der Waals surface area contributed by atoms with Crippen LogP contribution in [0.2, 0.25) is 0 Å². The van der Waals surface area contributed by atoms with Gasteiger partial charge in [0.2, 0.25) is 0 Å².